The zero-order valence-electron chi connectivity index (χ0n) is 9.85. The van der Waals surface area contributed by atoms with Crippen molar-refractivity contribution in [3.8, 4) is 11.6 Å². The molecule has 0 radical (unpaired) electrons. The number of pyridine rings is 2. The molecular weight excluding hydrogens is 248 g/mol. The van der Waals surface area contributed by atoms with Gasteiger partial charge in [0.05, 0.1) is 12.1 Å². The van der Waals surface area contributed by atoms with Crippen molar-refractivity contribution in [2.45, 2.75) is 6.42 Å². The third-order valence-electron chi connectivity index (χ3n) is 2.16. The summed E-state index contributed by atoms with van der Waals surface area (Å²) in [5.74, 6) is -0.166. The van der Waals surface area contributed by atoms with Crippen LogP contribution in [0.3, 0.4) is 0 Å². The highest BCUT2D eigenvalue weighted by atomic mass is 16.5. The standard InChI is InChI=1S/C13H10N2O4/c16-9-18-11-4-6-15-12(8-11)19-13(17)7-10-3-1-2-5-14-10/h1-6,8-9H,7H2. The average Bonchev–Trinajstić information content (AvgIpc) is 2.40. The summed E-state index contributed by atoms with van der Waals surface area (Å²) in [7, 11) is 0. The van der Waals surface area contributed by atoms with E-state index in [0.717, 1.165) is 0 Å². The van der Waals surface area contributed by atoms with Gasteiger partial charge >= 0.3 is 5.97 Å². The lowest BCUT2D eigenvalue weighted by Gasteiger charge is -2.04. The Hall–Kier alpha value is -2.76. The van der Waals surface area contributed by atoms with E-state index in [-0.39, 0.29) is 24.5 Å². The van der Waals surface area contributed by atoms with Gasteiger partial charge < -0.3 is 9.47 Å². The zero-order chi connectivity index (χ0) is 13.5. The van der Waals surface area contributed by atoms with Crippen molar-refractivity contribution >= 4 is 12.4 Å². The predicted octanol–water partition coefficient (Wildman–Crippen LogP) is 1.16. The molecule has 0 saturated carbocycles. The van der Waals surface area contributed by atoms with Gasteiger partial charge in [-0.25, -0.2) is 4.98 Å². The molecule has 2 aromatic heterocycles. The summed E-state index contributed by atoms with van der Waals surface area (Å²) in [4.78, 5) is 29.7. The third-order valence-corrected chi connectivity index (χ3v) is 2.16. The van der Waals surface area contributed by atoms with Gasteiger partial charge in [-0.2, -0.15) is 0 Å². The van der Waals surface area contributed by atoms with Gasteiger partial charge in [-0.1, -0.05) is 6.07 Å². The maximum absolute atomic E-state index is 11.6. The Bertz CT molecular complexity index is 572. The van der Waals surface area contributed by atoms with Gasteiger partial charge in [-0.15, -0.1) is 0 Å². The molecule has 0 aliphatic heterocycles. The van der Waals surface area contributed by atoms with Crippen molar-refractivity contribution in [1.29, 1.82) is 0 Å². The Morgan fingerprint density at radius 2 is 2.11 bits per heavy atom. The molecule has 0 atom stereocenters. The first kappa shape index (κ1) is 12.7. The highest BCUT2D eigenvalue weighted by molar-refractivity contribution is 5.74. The predicted molar refractivity (Wildman–Crippen MR) is 64.5 cm³/mol. The highest BCUT2D eigenvalue weighted by Gasteiger charge is 2.08. The lowest BCUT2D eigenvalue weighted by atomic mass is 10.3. The molecule has 2 rings (SSSR count). The van der Waals surface area contributed by atoms with Crippen LogP contribution >= 0.6 is 0 Å². The maximum atomic E-state index is 11.6. The Labute approximate surface area is 109 Å². The van der Waals surface area contributed by atoms with E-state index in [4.69, 9.17) is 4.74 Å². The number of nitrogens with zero attached hydrogens (tertiary/aromatic N) is 2. The van der Waals surface area contributed by atoms with E-state index in [2.05, 4.69) is 14.7 Å². The summed E-state index contributed by atoms with van der Waals surface area (Å²) in [6.45, 7) is 0.287. The molecule has 0 aliphatic carbocycles. The Kier molecular flexibility index (Phi) is 4.17. The third kappa shape index (κ3) is 3.88. The molecule has 0 saturated heterocycles. The molecule has 0 aromatic carbocycles. The minimum absolute atomic E-state index is 0.0429. The number of aromatic nitrogens is 2. The topological polar surface area (TPSA) is 78.4 Å². The summed E-state index contributed by atoms with van der Waals surface area (Å²) in [5, 5.41) is 0. The lowest BCUT2D eigenvalue weighted by molar-refractivity contribution is -0.133. The Balaban J connectivity index is 1.99. The molecule has 0 fully saturated rings. The molecule has 6 heteroatoms. The summed E-state index contributed by atoms with van der Waals surface area (Å²) >= 11 is 0. The van der Waals surface area contributed by atoms with Gasteiger partial charge in [-0.05, 0) is 18.2 Å². The fourth-order valence-corrected chi connectivity index (χ4v) is 1.38. The first-order chi connectivity index (χ1) is 9.28. The molecule has 0 N–H and O–H groups in total. The van der Waals surface area contributed by atoms with Crippen molar-refractivity contribution in [1.82, 2.24) is 9.97 Å². The van der Waals surface area contributed by atoms with E-state index in [1.54, 1.807) is 24.4 Å². The van der Waals surface area contributed by atoms with Crippen LogP contribution in [-0.4, -0.2) is 22.4 Å². The van der Waals surface area contributed by atoms with Gasteiger partial charge in [0.1, 0.15) is 5.75 Å². The van der Waals surface area contributed by atoms with Crippen LogP contribution < -0.4 is 9.47 Å². The molecule has 2 aromatic rings. The minimum Gasteiger partial charge on any atom is -0.428 e. The van der Waals surface area contributed by atoms with Crippen molar-refractivity contribution in [2.24, 2.45) is 0 Å². The van der Waals surface area contributed by atoms with Crippen LogP contribution in [0.25, 0.3) is 0 Å². The van der Waals surface area contributed by atoms with Crippen LogP contribution in [-0.2, 0) is 16.0 Å². The van der Waals surface area contributed by atoms with E-state index < -0.39 is 5.97 Å². The molecule has 0 spiro atoms. The molecule has 96 valence electrons. The second kappa shape index (κ2) is 6.25. The van der Waals surface area contributed by atoms with Crippen molar-refractivity contribution in [2.75, 3.05) is 0 Å². The monoisotopic (exact) mass is 258 g/mol. The molecule has 0 amide bonds. The number of ether oxygens (including phenoxy) is 2. The summed E-state index contributed by atoms with van der Waals surface area (Å²) in [6, 6.07) is 8.10. The second-order valence-corrected chi connectivity index (χ2v) is 3.52. The second-order valence-electron chi connectivity index (χ2n) is 3.52. The number of rotatable bonds is 5. The number of carbonyl (C=O) groups is 2. The summed E-state index contributed by atoms with van der Waals surface area (Å²) in [5.41, 5.74) is 0.604. The van der Waals surface area contributed by atoms with Crippen molar-refractivity contribution in [3.63, 3.8) is 0 Å². The van der Waals surface area contributed by atoms with Crippen LogP contribution in [0.2, 0.25) is 0 Å². The average molecular weight is 258 g/mol. The zero-order valence-corrected chi connectivity index (χ0v) is 9.85. The fourth-order valence-electron chi connectivity index (χ4n) is 1.38. The van der Waals surface area contributed by atoms with E-state index >= 15 is 0 Å². The largest absolute Gasteiger partial charge is 0.428 e. The van der Waals surface area contributed by atoms with Crippen molar-refractivity contribution in [3.05, 3.63) is 48.4 Å². The smallest absolute Gasteiger partial charge is 0.318 e. The maximum Gasteiger partial charge on any atom is 0.318 e. The van der Waals surface area contributed by atoms with E-state index in [9.17, 15) is 9.59 Å². The van der Waals surface area contributed by atoms with E-state index in [1.165, 1.54) is 18.3 Å². The SMILES string of the molecule is O=COc1ccnc(OC(=O)Cc2ccccn2)c1. The molecule has 6 nitrogen and oxygen atoms in total. The van der Waals surface area contributed by atoms with Gasteiger partial charge in [-0.3, -0.25) is 14.6 Å². The van der Waals surface area contributed by atoms with Gasteiger partial charge in [0, 0.05) is 18.5 Å². The highest BCUT2D eigenvalue weighted by Crippen LogP contribution is 2.16. The first-order valence-electron chi connectivity index (χ1n) is 5.45. The van der Waals surface area contributed by atoms with E-state index in [1.807, 2.05) is 0 Å². The minimum atomic E-state index is -0.491. The summed E-state index contributed by atoms with van der Waals surface area (Å²) < 4.78 is 9.64. The molecule has 0 unspecified atom stereocenters. The van der Waals surface area contributed by atoms with Gasteiger partial charge in [0.2, 0.25) is 5.88 Å². The van der Waals surface area contributed by atoms with Crippen LogP contribution in [0, 0.1) is 0 Å². The molecule has 0 bridgehead atoms. The molecular formula is C13H10N2O4. The van der Waals surface area contributed by atoms with Crippen LogP contribution in [0.5, 0.6) is 11.6 Å². The first-order valence-corrected chi connectivity index (χ1v) is 5.45. The van der Waals surface area contributed by atoms with Gasteiger partial charge in [0.15, 0.2) is 0 Å². The van der Waals surface area contributed by atoms with Crippen LogP contribution in [0.1, 0.15) is 5.69 Å². The Morgan fingerprint density at radius 1 is 1.21 bits per heavy atom. The molecule has 19 heavy (non-hydrogen) atoms. The van der Waals surface area contributed by atoms with Crippen LogP contribution in [0.15, 0.2) is 42.7 Å². The lowest BCUT2D eigenvalue weighted by Crippen LogP contribution is -2.12. The van der Waals surface area contributed by atoms with Crippen LogP contribution in [0.4, 0.5) is 0 Å². The normalized spacial score (nSPS) is 9.68. The van der Waals surface area contributed by atoms with Crippen molar-refractivity contribution < 1.29 is 19.1 Å². The van der Waals surface area contributed by atoms with E-state index in [0.29, 0.717) is 5.69 Å². The number of carbonyl (C=O) groups excluding carboxylic acids is 2. The Morgan fingerprint density at radius 3 is 2.84 bits per heavy atom. The van der Waals surface area contributed by atoms with Gasteiger partial charge in [0.25, 0.3) is 6.47 Å². The molecule has 2 heterocycles. The number of hydrogen-bond acceptors (Lipinski definition) is 6. The molecule has 0 aliphatic rings. The number of hydrogen-bond donors (Lipinski definition) is 0. The quantitative estimate of drug-likeness (QED) is 0.591. The summed E-state index contributed by atoms with van der Waals surface area (Å²) in [6.07, 6.45) is 3.02. The number of esters is 1. The fraction of sp³-hybridized carbons (Fsp3) is 0.0769.